The fourth-order valence-corrected chi connectivity index (χ4v) is 2.63. The van der Waals surface area contributed by atoms with Crippen LogP contribution in [0.1, 0.15) is 32.1 Å². The molecule has 1 N–H and O–H groups in total. The predicted molar refractivity (Wildman–Crippen MR) is 47.4 cm³/mol. The molecule has 1 saturated heterocycles. The number of hydrogen-bond donors (Lipinski definition) is 1. The molecule has 1 saturated carbocycles. The molecule has 1 aliphatic carbocycles. The van der Waals surface area contributed by atoms with Crippen LogP contribution in [0.15, 0.2) is 0 Å². The Balaban J connectivity index is 2.00. The molecular weight excluding hydrogens is 168 g/mol. The highest BCUT2D eigenvalue weighted by atomic mass is 16.5. The molecule has 0 spiro atoms. The lowest BCUT2D eigenvalue weighted by Gasteiger charge is -2.21. The van der Waals surface area contributed by atoms with Gasteiger partial charge in [-0.3, -0.25) is 4.79 Å². The molecule has 0 aromatic carbocycles. The molecule has 3 heteroatoms. The highest BCUT2D eigenvalue weighted by molar-refractivity contribution is 5.71. The maximum atomic E-state index is 10.9. The second-order valence-electron chi connectivity index (χ2n) is 4.11. The van der Waals surface area contributed by atoms with Crippen LogP contribution in [-0.4, -0.2) is 23.8 Å². The first-order valence-corrected chi connectivity index (χ1v) is 5.13. The third-order valence-electron chi connectivity index (χ3n) is 3.32. The first kappa shape index (κ1) is 9.00. The smallest absolute Gasteiger partial charge is 0.309 e. The molecule has 0 radical (unpaired) electrons. The summed E-state index contributed by atoms with van der Waals surface area (Å²) in [4.78, 5) is 10.9. The Morgan fingerprint density at radius 3 is 2.54 bits per heavy atom. The van der Waals surface area contributed by atoms with Crippen LogP contribution in [0.2, 0.25) is 0 Å². The van der Waals surface area contributed by atoms with Crippen molar-refractivity contribution in [2.45, 2.75) is 38.2 Å². The molecule has 0 amide bonds. The van der Waals surface area contributed by atoms with Gasteiger partial charge in [-0.05, 0) is 25.2 Å². The summed E-state index contributed by atoms with van der Waals surface area (Å²) in [5.74, 6) is -0.388. The summed E-state index contributed by atoms with van der Waals surface area (Å²) in [6, 6.07) is 0. The summed E-state index contributed by atoms with van der Waals surface area (Å²) < 4.78 is 5.53. The first-order chi connectivity index (χ1) is 6.29. The summed E-state index contributed by atoms with van der Waals surface area (Å²) in [5.41, 5.74) is 0. The third-order valence-corrected chi connectivity index (χ3v) is 3.32. The lowest BCUT2D eigenvalue weighted by atomic mass is 9.90. The van der Waals surface area contributed by atoms with Crippen LogP contribution >= 0.6 is 0 Å². The van der Waals surface area contributed by atoms with Crippen LogP contribution in [0.25, 0.3) is 0 Å². The van der Waals surface area contributed by atoms with Crippen molar-refractivity contribution < 1.29 is 14.6 Å². The molecular formula is C10H16O3. The highest BCUT2D eigenvalue weighted by Gasteiger charge is 2.39. The topological polar surface area (TPSA) is 46.5 Å². The zero-order valence-corrected chi connectivity index (χ0v) is 7.74. The lowest BCUT2D eigenvalue weighted by Crippen LogP contribution is -2.29. The minimum absolute atomic E-state index is 0.0139. The van der Waals surface area contributed by atoms with Crippen molar-refractivity contribution in [3.8, 4) is 0 Å². The summed E-state index contributed by atoms with van der Waals surface area (Å²) in [7, 11) is 0. The average Bonchev–Trinajstić information content (AvgIpc) is 2.74. The Morgan fingerprint density at radius 2 is 1.92 bits per heavy atom. The number of aliphatic carboxylic acids is 1. The van der Waals surface area contributed by atoms with E-state index in [2.05, 4.69) is 0 Å². The van der Waals surface area contributed by atoms with Gasteiger partial charge in [0.05, 0.1) is 12.0 Å². The molecule has 0 aromatic rings. The lowest BCUT2D eigenvalue weighted by molar-refractivity contribution is -0.144. The maximum Gasteiger partial charge on any atom is 0.309 e. The SMILES string of the molecule is O=C(O)C1CCOC1C1CCCC1. The van der Waals surface area contributed by atoms with E-state index in [0.29, 0.717) is 18.9 Å². The van der Waals surface area contributed by atoms with Gasteiger partial charge in [-0.1, -0.05) is 12.8 Å². The van der Waals surface area contributed by atoms with Crippen LogP contribution in [0.3, 0.4) is 0 Å². The molecule has 2 fully saturated rings. The molecule has 2 unspecified atom stereocenters. The molecule has 1 heterocycles. The van der Waals surface area contributed by atoms with Crippen molar-refractivity contribution >= 4 is 5.97 Å². The van der Waals surface area contributed by atoms with E-state index in [0.717, 1.165) is 12.8 Å². The maximum absolute atomic E-state index is 10.9. The van der Waals surface area contributed by atoms with Gasteiger partial charge < -0.3 is 9.84 Å². The second-order valence-corrected chi connectivity index (χ2v) is 4.11. The number of carboxylic acids is 1. The van der Waals surface area contributed by atoms with E-state index in [1.54, 1.807) is 0 Å². The molecule has 2 rings (SSSR count). The van der Waals surface area contributed by atoms with E-state index >= 15 is 0 Å². The molecule has 3 nitrogen and oxygen atoms in total. The van der Waals surface area contributed by atoms with E-state index in [1.165, 1.54) is 12.8 Å². The van der Waals surface area contributed by atoms with Crippen molar-refractivity contribution in [1.29, 1.82) is 0 Å². The van der Waals surface area contributed by atoms with Gasteiger partial charge in [0.25, 0.3) is 0 Å². The fraction of sp³-hybridized carbons (Fsp3) is 0.900. The van der Waals surface area contributed by atoms with E-state index in [-0.39, 0.29) is 12.0 Å². The predicted octanol–water partition coefficient (Wildman–Crippen LogP) is 1.67. The fourth-order valence-electron chi connectivity index (χ4n) is 2.63. The van der Waals surface area contributed by atoms with Crippen molar-refractivity contribution in [1.82, 2.24) is 0 Å². The van der Waals surface area contributed by atoms with Gasteiger partial charge in [0, 0.05) is 6.61 Å². The zero-order valence-electron chi connectivity index (χ0n) is 7.74. The minimum atomic E-state index is -0.672. The summed E-state index contributed by atoms with van der Waals surface area (Å²) in [6.45, 7) is 0.637. The van der Waals surface area contributed by atoms with Crippen molar-refractivity contribution in [3.63, 3.8) is 0 Å². The Morgan fingerprint density at radius 1 is 1.23 bits per heavy atom. The molecule has 0 aromatic heterocycles. The number of ether oxygens (including phenoxy) is 1. The number of carbonyl (C=O) groups is 1. The number of carboxylic acid groups (broad SMARTS) is 1. The van der Waals surface area contributed by atoms with Gasteiger partial charge in [0.15, 0.2) is 0 Å². The molecule has 0 bridgehead atoms. The minimum Gasteiger partial charge on any atom is -0.481 e. The van der Waals surface area contributed by atoms with Crippen LogP contribution in [-0.2, 0) is 9.53 Å². The Bertz CT molecular complexity index is 196. The van der Waals surface area contributed by atoms with Gasteiger partial charge in [-0.15, -0.1) is 0 Å². The average molecular weight is 184 g/mol. The van der Waals surface area contributed by atoms with E-state index in [9.17, 15) is 4.79 Å². The quantitative estimate of drug-likeness (QED) is 0.710. The van der Waals surface area contributed by atoms with Crippen molar-refractivity contribution in [3.05, 3.63) is 0 Å². The summed E-state index contributed by atoms with van der Waals surface area (Å²) in [6.07, 6.45) is 5.53. The monoisotopic (exact) mass is 184 g/mol. The highest BCUT2D eigenvalue weighted by Crippen LogP contribution is 2.36. The van der Waals surface area contributed by atoms with Gasteiger partial charge in [-0.25, -0.2) is 0 Å². The first-order valence-electron chi connectivity index (χ1n) is 5.13. The molecule has 74 valence electrons. The molecule has 2 aliphatic rings. The second kappa shape index (κ2) is 3.66. The number of hydrogen-bond acceptors (Lipinski definition) is 2. The van der Waals surface area contributed by atoms with Crippen molar-refractivity contribution in [2.75, 3.05) is 6.61 Å². The van der Waals surface area contributed by atoms with Crippen molar-refractivity contribution in [2.24, 2.45) is 11.8 Å². The van der Waals surface area contributed by atoms with Gasteiger partial charge in [0.1, 0.15) is 0 Å². The Hall–Kier alpha value is -0.570. The standard InChI is InChI=1S/C10H16O3/c11-10(12)8-5-6-13-9(8)7-3-1-2-4-7/h7-9H,1-6H2,(H,11,12). The van der Waals surface area contributed by atoms with Gasteiger partial charge >= 0.3 is 5.97 Å². The normalized spacial score (nSPS) is 35.4. The van der Waals surface area contributed by atoms with Crippen LogP contribution in [0.5, 0.6) is 0 Å². The van der Waals surface area contributed by atoms with E-state index in [4.69, 9.17) is 9.84 Å². The molecule has 1 aliphatic heterocycles. The zero-order chi connectivity index (χ0) is 9.26. The molecule has 2 atom stereocenters. The summed E-state index contributed by atoms with van der Waals surface area (Å²) >= 11 is 0. The van der Waals surface area contributed by atoms with Gasteiger partial charge in [0.2, 0.25) is 0 Å². The molecule has 13 heavy (non-hydrogen) atoms. The third kappa shape index (κ3) is 1.70. The Labute approximate surface area is 78.1 Å². The number of rotatable bonds is 2. The largest absolute Gasteiger partial charge is 0.481 e. The van der Waals surface area contributed by atoms with Crippen LogP contribution in [0.4, 0.5) is 0 Å². The summed E-state index contributed by atoms with van der Waals surface area (Å²) in [5, 5.41) is 8.96. The Kier molecular flexibility index (Phi) is 2.54. The van der Waals surface area contributed by atoms with Crippen LogP contribution in [0, 0.1) is 11.8 Å². The van der Waals surface area contributed by atoms with E-state index < -0.39 is 5.97 Å². The van der Waals surface area contributed by atoms with Crippen LogP contribution < -0.4 is 0 Å². The van der Waals surface area contributed by atoms with E-state index in [1.807, 2.05) is 0 Å². The van der Waals surface area contributed by atoms with Gasteiger partial charge in [-0.2, -0.15) is 0 Å².